The Morgan fingerprint density at radius 2 is 1.91 bits per heavy atom. The van der Waals surface area contributed by atoms with Crippen LogP contribution in [0.5, 0.6) is 5.75 Å². The first-order chi connectivity index (χ1) is 10.2. The molecule has 0 aliphatic rings. The molecule has 1 aromatic rings. The van der Waals surface area contributed by atoms with Crippen LogP contribution in [0.1, 0.15) is 18.5 Å². The molecule has 122 valence electrons. The zero-order valence-electron chi connectivity index (χ0n) is 11.5. The minimum absolute atomic E-state index is 0.345. The van der Waals surface area contributed by atoms with Crippen LogP contribution in [0, 0.1) is 0 Å². The van der Waals surface area contributed by atoms with Crippen LogP contribution in [-0.4, -0.2) is 34.9 Å². The second-order valence-corrected chi connectivity index (χ2v) is 5.32. The van der Waals surface area contributed by atoms with E-state index < -0.39 is 47.5 Å². The second-order valence-electron chi connectivity index (χ2n) is 4.28. The molecular formula is C13H14F3NO4S. The predicted octanol–water partition coefficient (Wildman–Crippen LogP) is 2.58. The van der Waals surface area contributed by atoms with Crippen LogP contribution in [0.4, 0.5) is 13.2 Å². The molecule has 0 aliphatic heterocycles. The zero-order valence-corrected chi connectivity index (χ0v) is 12.3. The van der Waals surface area contributed by atoms with Gasteiger partial charge in [-0.3, -0.25) is 4.79 Å². The van der Waals surface area contributed by atoms with E-state index in [-0.39, 0.29) is 0 Å². The normalized spacial score (nSPS) is 12.5. The number of aliphatic carboxylic acids is 1. The first kappa shape index (κ1) is 18.1. The number of benzene rings is 1. The quantitative estimate of drug-likeness (QED) is 0.800. The molecule has 9 heteroatoms. The first-order valence-electron chi connectivity index (χ1n) is 6.12. The van der Waals surface area contributed by atoms with Gasteiger partial charge in [-0.2, -0.15) is 13.2 Å². The van der Waals surface area contributed by atoms with Crippen LogP contribution < -0.4 is 10.1 Å². The Labute approximate surface area is 128 Å². The van der Waals surface area contributed by atoms with Gasteiger partial charge in [0.15, 0.2) is 6.61 Å². The summed E-state index contributed by atoms with van der Waals surface area (Å²) in [5.41, 5.74) is -3.78. The van der Waals surface area contributed by atoms with E-state index in [0.717, 1.165) is 0 Å². The third-order valence-electron chi connectivity index (χ3n) is 2.49. The third kappa shape index (κ3) is 7.21. The van der Waals surface area contributed by atoms with Gasteiger partial charge in [0.05, 0.1) is 11.8 Å². The Morgan fingerprint density at radius 3 is 2.41 bits per heavy atom. The van der Waals surface area contributed by atoms with Crippen molar-refractivity contribution in [1.82, 2.24) is 5.32 Å². The van der Waals surface area contributed by atoms with Crippen LogP contribution in [0.2, 0.25) is 0 Å². The summed E-state index contributed by atoms with van der Waals surface area (Å²) in [5, 5.41) is 10.9. The highest BCUT2D eigenvalue weighted by atomic mass is 32.2. The second kappa shape index (κ2) is 7.92. The maximum Gasteiger partial charge on any atom is 0.442 e. The highest BCUT2D eigenvalue weighted by molar-refractivity contribution is 8.00. The van der Waals surface area contributed by atoms with Gasteiger partial charge in [-0.1, -0.05) is 12.1 Å². The van der Waals surface area contributed by atoms with Crippen molar-refractivity contribution < 1.29 is 32.6 Å². The smallest absolute Gasteiger partial charge is 0.442 e. The molecule has 0 saturated carbocycles. The number of carboxylic acid groups (broad SMARTS) is 1. The molecule has 1 aromatic carbocycles. The molecule has 0 aromatic heterocycles. The van der Waals surface area contributed by atoms with Gasteiger partial charge in [-0.15, -0.1) is 0 Å². The highest BCUT2D eigenvalue weighted by Gasteiger charge is 2.29. The first-order valence-corrected chi connectivity index (χ1v) is 7.10. The molecule has 0 fully saturated rings. The van der Waals surface area contributed by atoms with Crippen LogP contribution in [0.3, 0.4) is 0 Å². The summed E-state index contributed by atoms with van der Waals surface area (Å²) in [6.07, 6.45) is 0. The molecule has 0 saturated heterocycles. The van der Waals surface area contributed by atoms with Crippen molar-refractivity contribution in [2.45, 2.75) is 18.5 Å². The van der Waals surface area contributed by atoms with Gasteiger partial charge in [0.1, 0.15) is 5.75 Å². The number of halogens is 3. The molecule has 1 atom stereocenters. The fourth-order valence-electron chi connectivity index (χ4n) is 1.51. The summed E-state index contributed by atoms with van der Waals surface area (Å²) < 4.78 is 40.9. The van der Waals surface area contributed by atoms with E-state index in [4.69, 9.17) is 9.84 Å². The van der Waals surface area contributed by atoms with Crippen LogP contribution in [0.15, 0.2) is 24.3 Å². The minimum Gasteiger partial charge on any atom is -0.482 e. The number of nitrogens with one attached hydrogen (secondary N) is 1. The van der Waals surface area contributed by atoms with Crippen molar-refractivity contribution in [2.24, 2.45) is 0 Å². The topological polar surface area (TPSA) is 75.6 Å². The Kier molecular flexibility index (Phi) is 6.54. The molecule has 0 spiro atoms. The van der Waals surface area contributed by atoms with Crippen LogP contribution in [0.25, 0.3) is 0 Å². The summed E-state index contributed by atoms with van der Waals surface area (Å²) in [6.45, 7) is 1.16. The molecule has 0 bridgehead atoms. The monoisotopic (exact) mass is 337 g/mol. The predicted molar refractivity (Wildman–Crippen MR) is 74.6 cm³/mol. The maximum absolute atomic E-state index is 12.0. The van der Waals surface area contributed by atoms with Gasteiger partial charge >= 0.3 is 11.5 Å². The van der Waals surface area contributed by atoms with Gasteiger partial charge in [0, 0.05) is 0 Å². The number of amides is 1. The Bertz CT molecular complexity index is 519. The number of hydrogen-bond donors (Lipinski definition) is 2. The fraction of sp³-hybridized carbons (Fsp3) is 0.385. The van der Waals surface area contributed by atoms with E-state index in [2.05, 4.69) is 5.32 Å². The van der Waals surface area contributed by atoms with E-state index >= 15 is 0 Å². The summed E-state index contributed by atoms with van der Waals surface area (Å²) in [4.78, 5) is 21.7. The molecule has 0 heterocycles. The molecule has 22 heavy (non-hydrogen) atoms. The average molecular weight is 337 g/mol. The van der Waals surface area contributed by atoms with E-state index in [1.807, 2.05) is 0 Å². The maximum atomic E-state index is 12.0. The molecular weight excluding hydrogens is 323 g/mol. The number of carbonyl (C=O) groups excluding carboxylic acids is 1. The van der Waals surface area contributed by atoms with Crippen molar-refractivity contribution >= 4 is 23.6 Å². The van der Waals surface area contributed by atoms with Gasteiger partial charge in [-0.05, 0) is 36.4 Å². The average Bonchev–Trinajstić information content (AvgIpc) is 2.42. The molecule has 1 rings (SSSR count). The molecule has 1 unspecified atom stereocenters. The Balaban J connectivity index is 2.49. The number of ether oxygens (including phenoxy) is 1. The number of carboxylic acids is 1. The van der Waals surface area contributed by atoms with Crippen molar-refractivity contribution in [1.29, 1.82) is 0 Å². The third-order valence-corrected chi connectivity index (χ3v) is 3.22. The molecule has 5 nitrogen and oxygen atoms in total. The lowest BCUT2D eigenvalue weighted by Gasteiger charge is -2.15. The number of rotatable bonds is 7. The van der Waals surface area contributed by atoms with Crippen LogP contribution in [-0.2, 0) is 9.59 Å². The van der Waals surface area contributed by atoms with E-state index in [9.17, 15) is 22.8 Å². The Hall–Kier alpha value is -1.90. The van der Waals surface area contributed by atoms with Gasteiger partial charge in [-0.25, -0.2) is 4.79 Å². The van der Waals surface area contributed by atoms with Crippen molar-refractivity contribution in [3.63, 3.8) is 0 Å². The number of carbonyl (C=O) groups is 2. The lowest BCUT2D eigenvalue weighted by molar-refractivity contribution is -0.139. The molecule has 0 radical (unpaired) electrons. The SMILES string of the molecule is CC(NC(=O)CSC(F)(F)F)c1ccc(OCC(=O)O)cc1. The molecule has 1 amide bonds. The minimum atomic E-state index is -4.44. The Morgan fingerprint density at radius 1 is 1.32 bits per heavy atom. The van der Waals surface area contributed by atoms with Gasteiger partial charge in [0.25, 0.3) is 0 Å². The summed E-state index contributed by atoms with van der Waals surface area (Å²) >= 11 is -0.397. The summed E-state index contributed by atoms with van der Waals surface area (Å²) in [7, 11) is 0. The van der Waals surface area contributed by atoms with Crippen molar-refractivity contribution in [3.05, 3.63) is 29.8 Å². The summed E-state index contributed by atoms with van der Waals surface area (Å²) in [6, 6.07) is 5.75. The lowest BCUT2D eigenvalue weighted by Crippen LogP contribution is -2.29. The molecule has 0 aliphatic carbocycles. The number of hydrogen-bond acceptors (Lipinski definition) is 4. The largest absolute Gasteiger partial charge is 0.482 e. The number of alkyl halides is 3. The van der Waals surface area contributed by atoms with E-state index in [1.54, 1.807) is 19.1 Å². The zero-order chi connectivity index (χ0) is 16.8. The summed E-state index contributed by atoms with van der Waals surface area (Å²) in [5.74, 6) is -2.18. The van der Waals surface area contributed by atoms with Crippen molar-refractivity contribution in [3.8, 4) is 5.75 Å². The van der Waals surface area contributed by atoms with E-state index in [1.165, 1.54) is 12.1 Å². The van der Waals surface area contributed by atoms with Crippen molar-refractivity contribution in [2.75, 3.05) is 12.4 Å². The van der Waals surface area contributed by atoms with Gasteiger partial charge in [0.2, 0.25) is 5.91 Å². The molecule has 2 N–H and O–H groups in total. The lowest BCUT2D eigenvalue weighted by atomic mass is 10.1. The fourth-order valence-corrected chi connectivity index (χ4v) is 1.89. The number of thioether (sulfide) groups is 1. The standard InChI is InChI=1S/C13H14F3NO4S/c1-8(17-11(18)7-22-13(14,15)16)9-2-4-10(5-3-9)21-6-12(19)20/h2-5,8H,6-7H2,1H3,(H,17,18)(H,19,20). The van der Waals surface area contributed by atoms with Crippen LogP contribution >= 0.6 is 11.8 Å². The van der Waals surface area contributed by atoms with E-state index in [0.29, 0.717) is 11.3 Å². The highest BCUT2D eigenvalue weighted by Crippen LogP contribution is 2.29. The van der Waals surface area contributed by atoms with Gasteiger partial charge < -0.3 is 15.2 Å².